The molecule has 0 saturated carbocycles. The molecule has 6 nitrogen and oxygen atoms in total. The van der Waals surface area contributed by atoms with Crippen molar-refractivity contribution < 1.29 is 18.0 Å². The first-order valence-corrected chi connectivity index (χ1v) is 11.7. The molecule has 2 aromatic carbocycles. The predicted molar refractivity (Wildman–Crippen MR) is 128 cm³/mol. The normalized spacial score (nSPS) is 15.7. The van der Waals surface area contributed by atoms with Gasteiger partial charge in [-0.2, -0.15) is 18.3 Å². The van der Waals surface area contributed by atoms with Gasteiger partial charge in [0, 0.05) is 45.0 Å². The standard InChI is InChI=1S/C26H30F3N5O/c1-31(17-22-16-30-34(19-22)24-6-3-2-4-7-24)25(35)20-33-13-5-12-32(14-15-33)18-21-8-10-23(11-9-21)26(27,28)29/h2-4,6-11,16,19H,5,12-15,17-18,20H2,1H3. The second kappa shape index (κ2) is 11.0. The molecule has 1 aromatic heterocycles. The molecule has 0 spiro atoms. The number of carbonyl (C=O) groups excluding carboxylic acids is 1. The van der Waals surface area contributed by atoms with Gasteiger partial charge in [0.05, 0.1) is 24.0 Å². The Labute approximate surface area is 203 Å². The van der Waals surface area contributed by atoms with Crippen molar-refractivity contribution in [1.82, 2.24) is 24.5 Å². The van der Waals surface area contributed by atoms with Gasteiger partial charge >= 0.3 is 6.18 Å². The Morgan fingerprint density at radius 3 is 2.34 bits per heavy atom. The minimum Gasteiger partial charge on any atom is -0.340 e. The number of hydrogen-bond acceptors (Lipinski definition) is 4. The maximum Gasteiger partial charge on any atom is 0.416 e. The van der Waals surface area contributed by atoms with Gasteiger partial charge in [0.1, 0.15) is 0 Å². The van der Waals surface area contributed by atoms with E-state index >= 15 is 0 Å². The molecule has 3 aromatic rings. The van der Waals surface area contributed by atoms with Crippen LogP contribution in [0.2, 0.25) is 0 Å². The van der Waals surface area contributed by atoms with Crippen LogP contribution in [0.3, 0.4) is 0 Å². The second-order valence-electron chi connectivity index (χ2n) is 8.98. The van der Waals surface area contributed by atoms with Crippen LogP contribution in [0.4, 0.5) is 13.2 Å². The molecule has 1 saturated heterocycles. The van der Waals surface area contributed by atoms with Crippen molar-refractivity contribution in [2.45, 2.75) is 25.7 Å². The first kappa shape index (κ1) is 24.9. The fraction of sp³-hybridized carbons (Fsp3) is 0.385. The Hall–Kier alpha value is -3.17. The molecular formula is C26H30F3N5O. The topological polar surface area (TPSA) is 44.6 Å². The summed E-state index contributed by atoms with van der Waals surface area (Å²) in [4.78, 5) is 18.9. The van der Waals surface area contributed by atoms with Gasteiger partial charge < -0.3 is 4.90 Å². The van der Waals surface area contributed by atoms with Crippen molar-refractivity contribution in [3.8, 4) is 5.69 Å². The molecule has 0 N–H and O–H groups in total. The number of carbonyl (C=O) groups is 1. The van der Waals surface area contributed by atoms with Gasteiger partial charge in [-0.15, -0.1) is 0 Å². The van der Waals surface area contributed by atoms with Crippen LogP contribution in [0.1, 0.15) is 23.1 Å². The van der Waals surface area contributed by atoms with Crippen LogP contribution in [-0.2, 0) is 24.1 Å². The third-order valence-electron chi connectivity index (χ3n) is 6.23. The Kier molecular flexibility index (Phi) is 7.87. The zero-order valence-corrected chi connectivity index (χ0v) is 19.8. The molecule has 1 aliphatic rings. The largest absolute Gasteiger partial charge is 0.416 e. The van der Waals surface area contributed by atoms with E-state index in [1.165, 1.54) is 0 Å². The van der Waals surface area contributed by atoms with E-state index in [1.54, 1.807) is 35.0 Å². The maximum atomic E-state index is 12.8. The number of hydrogen-bond donors (Lipinski definition) is 0. The number of aromatic nitrogens is 2. The monoisotopic (exact) mass is 485 g/mol. The van der Waals surface area contributed by atoms with E-state index in [0.29, 0.717) is 19.6 Å². The van der Waals surface area contributed by atoms with Crippen LogP contribution >= 0.6 is 0 Å². The summed E-state index contributed by atoms with van der Waals surface area (Å²) >= 11 is 0. The van der Waals surface area contributed by atoms with E-state index in [1.807, 2.05) is 36.5 Å². The molecule has 0 aliphatic carbocycles. The summed E-state index contributed by atoms with van der Waals surface area (Å²) in [6, 6.07) is 15.2. The van der Waals surface area contributed by atoms with Crippen LogP contribution < -0.4 is 0 Å². The van der Waals surface area contributed by atoms with E-state index < -0.39 is 11.7 Å². The summed E-state index contributed by atoms with van der Waals surface area (Å²) in [7, 11) is 1.80. The number of rotatable bonds is 7. The van der Waals surface area contributed by atoms with Crippen LogP contribution in [0.25, 0.3) is 5.69 Å². The molecule has 0 radical (unpaired) electrons. The van der Waals surface area contributed by atoms with Crippen molar-refractivity contribution in [3.63, 3.8) is 0 Å². The molecule has 9 heteroatoms. The van der Waals surface area contributed by atoms with E-state index in [9.17, 15) is 18.0 Å². The highest BCUT2D eigenvalue weighted by atomic mass is 19.4. The molecule has 1 amide bonds. The summed E-state index contributed by atoms with van der Waals surface area (Å²) in [6.07, 6.45) is 0.303. The SMILES string of the molecule is CN(Cc1cnn(-c2ccccc2)c1)C(=O)CN1CCCN(Cc2ccc(C(F)(F)F)cc2)CC1. The minimum absolute atomic E-state index is 0.0497. The van der Waals surface area contributed by atoms with Gasteiger partial charge in [0.2, 0.25) is 5.91 Å². The van der Waals surface area contributed by atoms with Crippen LogP contribution in [-0.4, -0.2) is 70.2 Å². The third-order valence-corrected chi connectivity index (χ3v) is 6.23. The first-order valence-electron chi connectivity index (χ1n) is 11.7. The third kappa shape index (κ3) is 6.93. The summed E-state index contributed by atoms with van der Waals surface area (Å²) < 4.78 is 40.1. The number of benzene rings is 2. The lowest BCUT2D eigenvalue weighted by atomic mass is 10.1. The van der Waals surface area contributed by atoms with E-state index in [0.717, 1.165) is 61.5 Å². The van der Waals surface area contributed by atoms with Gasteiger partial charge in [-0.05, 0) is 49.3 Å². The number of likely N-dealkylation sites (N-methyl/N-ethyl adjacent to an activating group) is 1. The molecule has 4 rings (SSSR count). The summed E-state index contributed by atoms with van der Waals surface area (Å²) in [5.41, 5.74) is 2.16. The lowest BCUT2D eigenvalue weighted by molar-refractivity contribution is -0.137. The molecule has 2 heterocycles. The van der Waals surface area contributed by atoms with Gasteiger partial charge in [-0.25, -0.2) is 4.68 Å². The molecule has 0 unspecified atom stereocenters. The van der Waals surface area contributed by atoms with Crippen molar-refractivity contribution in [2.75, 3.05) is 39.8 Å². The van der Waals surface area contributed by atoms with Crippen molar-refractivity contribution in [3.05, 3.63) is 83.7 Å². The van der Waals surface area contributed by atoms with E-state index in [-0.39, 0.29) is 5.91 Å². The van der Waals surface area contributed by atoms with Gasteiger partial charge in [-0.3, -0.25) is 14.6 Å². The lowest BCUT2D eigenvalue weighted by Gasteiger charge is -2.24. The second-order valence-corrected chi connectivity index (χ2v) is 8.98. The highest BCUT2D eigenvalue weighted by Crippen LogP contribution is 2.29. The van der Waals surface area contributed by atoms with Crippen LogP contribution in [0.15, 0.2) is 67.0 Å². The Balaban J connectivity index is 1.24. The van der Waals surface area contributed by atoms with E-state index in [2.05, 4.69) is 14.9 Å². The van der Waals surface area contributed by atoms with Gasteiger partial charge in [0.25, 0.3) is 0 Å². The number of para-hydroxylation sites is 1. The number of halogens is 3. The zero-order valence-electron chi connectivity index (χ0n) is 19.8. The quantitative estimate of drug-likeness (QED) is 0.507. The number of nitrogens with zero attached hydrogens (tertiary/aromatic N) is 5. The zero-order chi connectivity index (χ0) is 24.8. The molecule has 1 aliphatic heterocycles. The molecule has 0 atom stereocenters. The maximum absolute atomic E-state index is 12.8. The molecule has 186 valence electrons. The lowest BCUT2D eigenvalue weighted by Crippen LogP contribution is -2.39. The van der Waals surface area contributed by atoms with Crippen LogP contribution in [0.5, 0.6) is 0 Å². The van der Waals surface area contributed by atoms with Gasteiger partial charge in [-0.1, -0.05) is 30.3 Å². The molecule has 35 heavy (non-hydrogen) atoms. The Bertz CT molecular complexity index is 1100. The highest BCUT2D eigenvalue weighted by molar-refractivity contribution is 5.78. The number of alkyl halides is 3. The number of amides is 1. The Morgan fingerprint density at radius 1 is 0.943 bits per heavy atom. The minimum atomic E-state index is -4.32. The molecule has 1 fully saturated rings. The summed E-state index contributed by atoms with van der Waals surface area (Å²) in [5, 5.41) is 4.39. The highest BCUT2D eigenvalue weighted by Gasteiger charge is 2.30. The summed E-state index contributed by atoms with van der Waals surface area (Å²) in [6.45, 7) is 4.60. The predicted octanol–water partition coefficient (Wildman–Crippen LogP) is 4.06. The smallest absolute Gasteiger partial charge is 0.340 e. The molecule has 0 bridgehead atoms. The first-order chi connectivity index (χ1) is 16.8. The average molecular weight is 486 g/mol. The van der Waals surface area contributed by atoms with Crippen LogP contribution in [0, 0.1) is 0 Å². The Morgan fingerprint density at radius 2 is 1.63 bits per heavy atom. The molecular weight excluding hydrogens is 455 g/mol. The fourth-order valence-electron chi connectivity index (χ4n) is 4.24. The van der Waals surface area contributed by atoms with Crippen molar-refractivity contribution >= 4 is 5.91 Å². The van der Waals surface area contributed by atoms with Gasteiger partial charge in [0.15, 0.2) is 0 Å². The van der Waals surface area contributed by atoms with Crippen molar-refractivity contribution in [1.29, 1.82) is 0 Å². The fourth-order valence-corrected chi connectivity index (χ4v) is 4.24. The summed E-state index contributed by atoms with van der Waals surface area (Å²) in [5.74, 6) is 0.0497. The van der Waals surface area contributed by atoms with Crippen molar-refractivity contribution in [2.24, 2.45) is 0 Å². The van der Waals surface area contributed by atoms with E-state index in [4.69, 9.17) is 0 Å². The average Bonchev–Trinajstić information content (AvgIpc) is 3.20.